The van der Waals surface area contributed by atoms with E-state index in [1.807, 2.05) is 63.7 Å². The lowest BCUT2D eigenvalue weighted by Crippen LogP contribution is -2.34. The summed E-state index contributed by atoms with van der Waals surface area (Å²) in [4.78, 5) is 14.0. The van der Waals surface area contributed by atoms with Crippen LogP contribution >= 0.6 is 0 Å². The molecule has 1 aliphatic rings. The Kier molecular flexibility index (Phi) is 6.29. The molecule has 34 heavy (non-hydrogen) atoms. The molecular formula is C28H28N4O2. The third-order valence-electron chi connectivity index (χ3n) is 6.71. The van der Waals surface area contributed by atoms with Crippen LogP contribution in [0.25, 0.3) is 16.8 Å². The second-order valence-corrected chi connectivity index (χ2v) is 8.79. The van der Waals surface area contributed by atoms with Gasteiger partial charge in [0.05, 0.1) is 17.5 Å². The summed E-state index contributed by atoms with van der Waals surface area (Å²) in [5.74, 6) is 0. The number of nitrogens with zero attached hydrogens (tertiary/aromatic N) is 4. The first kappa shape index (κ1) is 22.1. The van der Waals surface area contributed by atoms with Gasteiger partial charge >= 0.3 is 0 Å². The molecule has 0 spiro atoms. The number of fused-ring (bicyclic) bond motifs is 1. The summed E-state index contributed by atoms with van der Waals surface area (Å²) in [5.41, 5.74) is 5.90. The number of hydrogen-bond donors (Lipinski definition) is 0. The fourth-order valence-corrected chi connectivity index (χ4v) is 5.08. The Labute approximate surface area is 199 Å². The fourth-order valence-electron chi connectivity index (χ4n) is 5.08. The van der Waals surface area contributed by atoms with Crippen molar-refractivity contribution in [3.8, 4) is 17.2 Å². The molecule has 0 amide bonds. The van der Waals surface area contributed by atoms with Crippen molar-refractivity contribution in [1.29, 1.82) is 5.26 Å². The molecule has 3 heterocycles. The first-order valence-corrected chi connectivity index (χ1v) is 12.0. The van der Waals surface area contributed by atoms with E-state index in [0.717, 1.165) is 59.3 Å². The largest absolute Gasteiger partial charge is 0.381 e. The zero-order valence-electron chi connectivity index (χ0n) is 19.4. The Morgan fingerprint density at radius 3 is 2.62 bits per heavy atom. The van der Waals surface area contributed by atoms with Crippen LogP contribution in [0.2, 0.25) is 0 Å². The molecule has 6 nitrogen and oxygen atoms in total. The van der Waals surface area contributed by atoms with Crippen molar-refractivity contribution in [1.82, 2.24) is 14.2 Å². The quantitative estimate of drug-likeness (QED) is 0.416. The number of rotatable bonds is 6. The zero-order chi connectivity index (χ0) is 23.5. The van der Waals surface area contributed by atoms with Crippen LogP contribution in [-0.4, -0.2) is 27.4 Å². The average Bonchev–Trinajstić information content (AvgIpc) is 3.36. The normalized spacial score (nSPS) is 14.4. The third kappa shape index (κ3) is 3.93. The first-order chi connectivity index (χ1) is 16.7. The van der Waals surface area contributed by atoms with Gasteiger partial charge in [0.25, 0.3) is 5.56 Å². The van der Waals surface area contributed by atoms with Gasteiger partial charge in [-0.05, 0) is 36.0 Å². The second-order valence-electron chi connectivity index (χ2n) is 8.79. The monoisotopic (exact) mass is 452 g/mol. The number of hydrogen-bond acceptors (Lipinski definition) is 4. The topological polar surface area (TPSA) is 72.3 Å². The van der Waals surface area contributed by atoms with Crippen molar-refractivity contribution in [3.05, 3.63) is 93.5 Å². The van der Waals surface area contributed by atoms with E-state index in [1.165, 1.54) is 0 Å². The van der Waals surface area contributed by atoms with E-state index in [-0.39, 0.29) is 11.6 Å². The van der Waals surface area contributed by atoms with Gasteiger partial charge in [-0.15, -0.1) is 0 Å². The van der Waals surface area contributed by atoms with Gasteiger partial charge < -0.3 is 4.74 Å². The van der Waals surface area contributed by atoms with Crippen LogP contribution in [0.5, 0.6) is 0 Å². The molecule has 1 fully saturated rings. The van der Waals surface area contributed by atoms with Crippen LogP contribution in [-0.2, 0) is 17.6 Å². The van der Waals surface area contributed by atoms with Crippen LogP contribution < -0.4 is 5.56 Å². The van der Waals surface area contributed by atoms with E-state index in [2.05, 4.69) is 18.1 Å². The van der Waals surface area contributed by atoms with E-state index in [9.17, 15) is 10.1 Å². The summed E-state index contributed by atoms with van der Waals surface area (Å²) in [6, 6.07) is 20.3. The van der Waals surface area contributed by atoms with Gasteiger partial charge in [-0.25, -0.2) is 4.52 Å². The van der Waals surface area contributed by atoms with Gasteiger partial charge in [0.1, 0.15) is 11.7 Å². The molecule has 0 radical (unpaired) electrons. The highest BCUT2D eigenvalue weighted by Gasteiger charge is 2.25. The lowest BCUT2D eigenvalue weighted by Gasteiger charge is -2.26. The minimum absolute atomic E-state index is 0.0253. The number of aromatic nitrogens is 3. The molecule has 2 aromatic heterocycles. The molecular weight excluding hydrogens is 424 g/mol. The second kappa shape index (κ2) is 9.66. The maximum atomic E-state index is 14.0. The Balaban J connectivity index is 1.69. The van der Waals surface area contributed by atoms with Crippen LogP contribution in [0.15, 0.2) is 65.6 Å². The molecule has 172 valence electrons. The summed E-state index contributed by atoms with van der Waals surface area (Å²) in [6.45, 7) is 3.42. The Hall–Kier alpha value is -3.69. The first-order valence-electron chi connectivity index (χ1n) is 12.0. The van der Waals surface area contributed by atoms with Gasteiger partial charge in [-0.1, -0.05) is 61.9 Å². The van der Waals surface area contributed by atoms with E-state index in [4.69, 9.17) is 4.74 Å². The molecule has 0 saturated carbocycles. The number of benzene rings is 2. The maximum absolute atomic E-state index is 14.0. The zero-order valence-corrected chi connectivity index (χ0v) is 19.4. The maximum Gasteiger partial charge on any atom is 0.257 e. The summed E-state index contributed by atoms with van der Waals surface area (Å²) < 4.78 is 9.40. The number of ether oxygens (including phenoxy) is 1. The molecule has 2 aromatic carbocycles. The van der Waals surface area contributed by atoms with E-state index in [0.29, 0.717) is 25.2 Å². The number of aryl methyl sites for hydroxylation is 1. The van der Waals surface area contributed by atoms with Crippen molar-refractivity contribution < 1.29 is 4.74 Å². The van der Waals surface area contributed by atoms with Crippen molar-refractivity contribution in [2.45, 2.75) is 45.1 Å². The van der Waals surface area contributed by atoms with Crippen molar-refractivity contribution in [2.75, 3.05) is 13.2 Å². The van der Waals surface area contributed by atoms with Gasteiger partial charge in [0.15, 0.2) is 0 Å². The SMILES string of the molecule is CCCc1c(Cc2cccc(-c3ccccc3)c2C#N)c(=O)n(C2CCOCC2)c2ccnn12. The van der Waals surface area contributed by atoms with Crippen LogP contribution in [0.4, 0.5) is 0 Å². The standard InChI is InChI=1S/C28H28N4O2/c1-2-7-26-24(18-21-10-6-11-23(25(21)19-29)20-8-4-3-5-9-20)28(33)31(22-13-16-34-17-14-22)27-12-15-30-32(26)27/h3-6,8-12,15,22H,2,7,13-14,16-18H2,1H3. The molecule has 1 saturated heterocycles. The highest BCUT2D eigenvalue weighted by atomic mass is 16.5. The van der Waals surface area contributed by atoms with Gasteiger partial charge in [0.2, 0.25) is 0 Å². The summed E-state index contributed by atoms with van der Waals surface area (Å²) in [7, 11) is 0. The smallest absolute Gasteiger partial charge is 0.257 e. The average molecular weight is 453 g/mol. The minimum Gasteiger partial charge on any atom is -0.381 e. The van der Waals surface area contributed by atoms with E-state index < -0.39 is 0 Å². The van der Waals surface area contributed by atoms with Crippen LogP contribution in [0, 0.1) is 11.3 Å². The van der Waals surface area contributed by atoms with E-state index >= 15 is 0 Å². The predicted molar refractivity (Wildman–Crippen MR) is 132 cm³/mol. The predicted octanol–water partition coefficient (Wildman–Crippen LogP) is 4.93. The highest BCUT2D eigenvalue weighted by molar-refractivity contribution is 5.72. The lowest BCUT2D eigenvalue weighted by atomic mass is 9.92. The van der Waals surface area contributed by atoms with Crippen molar-refractivity contribution in [3.63, 3.8) is 0 Å². The van der Waals surface area contributed by atoms with Crippen molar-refractivity contribution in [2.24, 2.45) is 0 Å². The molecule has 6 heteroatoms. The van der Waals surface area contributed by atoms with Crippen LogP contribution in [0.3, 0.4) is 0 Å². The van der Waals surface area contributed by atoms with Gasteiger partial charge in [-0.3, -0.25) is 9.36 Å². The number of nitriles is 1. The lowest BCUT2D eigenvalue weighted by molar-refractivity contribution is 0.0694. The molecule has 0 aliphatic carbocycles. The molecule has 0 unspecified atom stereocenters. The van der Waals surface area contributed by atoms with Crippen molar-refractivity contribution >= 4 is 5.65 Å². The molecule has 5 rings (SSSR count). The Morgan fingerprint density at radius 1 is 1.09 bits per heavy atom. The minimum atomic E-state index is 0.0253. The third-order valence-corrected chi connectivity index (χ3v) is 6.71. The Bertz CT molecular complexity index is 1410. The molecule has 4 aromatic rings. The fraction of sp³-hybridized carbons (Fsp3) is 0.321. The highest BCUT2D eigenvalue weighted by Crippen LogP contribution is 2.28. The van der Waals surface area contributed by atoms with Gasteiger partial charge in [-0.2, -0.15) is 10.4 Å². The molecule has 0 atom stereocenters. The summed E-state index contributed by atoms with van der Waals surface area (Å²) in [6.07, 6.45) is 5.43. The Morgan fingerprint density at radius 2 is 1.88 bits per heavy atom. The molecule has 1 aliphatic heterocycles. The van der Waals surface area contributed by atoms with Gasteiger partial charge in [0, 0.05) is 37.3 Å². The molecule has 0 N–H and O–H groups in total. The summed E-state index contributed by atoms with van der Waals surface area (Å²) >= 11 is 0. The van der Waals surface area contributed by atoms with E-state index in [1.54, 1.807) is 6.20 Å². The van der Waals surface area contributed by atoms with Crippen LogP contribution in [0.1, 0.15) is 54.6 Å². The summed E-state index contributed by atoms with van der Waals surface area (Å²) in [5, 5.41) is 14.7. The molecule has 0 bridgehead atoms.